The van der Waals surface area contributed by atoms with Gasteiger partial charge in [0.1, 0.15) is 24.4 Å². The van der Waals surface area contributed by atoms with Crippen molar-refractivity contribution in [2.75, 3.05) is 13.2 Å². The van der Waals surface area contributed by atoms with Crippen LogP contribution in [0.5, 0.6) is 0 Å². The zero-order valence-corrected chi connectivity index (χ0v) is 12.1. The van der Waals surface area contributed by atoms with Gasteiger partial charge in [0.05, 0.1) is 13.2 Å². The summed E-state index contributed by atoms with van der Waals surface area (Å²) < 4.78 is 22.4. The van der Waals surface area contributed by atoms with Gasteiger partial charge in [-0.1, -0.05) is 36.4 Å². The Bertz CT molecular complexity index is 491. The lowest BCUT2D eigenvalue weighted by Crippen LogP contribution is -2.62. The van der Waals surface area contributed by atoms with Gasteiger partial charge in [-0.2, -0.15) is 0 Å². The molecule has 6 atom stereocenters. The van der Waals surface area contributed by atoms with Crippen LogP contribution < -0.4 is 0 Å². The largest absolute Gasteiger partial charge is 0.387 e. The summed E-state index contributed by atoms with van der Waals surface area (Å²) in [6, 6.07) is 9.44. The van der Waals surface area contributed by atoms with Gasteiger partial charge in [0, 0.05) is 5.56 Å². The molecule has 0 aliphatic carbocycles. The third-order valence-electron chi connectivity index (χ3n) is 3.78. The molecule has 22 heavy (non-hydrogen) atoms. The number of aliphatic hydroxyl groups is 2. The third kappa shape index (κ3) is 3.08. The van der Waals surface area contributed by atoms with Crippen LogP contribution in [0, 0.1) is 0 Å². The van der Waals surface area contributed by atoms with Crippen molar-refractivity contribution in [1.29, 1.82) is 0 Å². The Balaban J connectivity index is 1.69. The van der Waals surface area contributed by atoms with E-state index in [0.717, 1.165) is 5.56 Å². The fourth-order valence-corrected chi connectivity index (χ4v) is 2.66. The molecule has 2 heterocycles. The molecular weight excluding hydrogens is 288 g/mol. The molecule has 1 unspecified atom stereocenters. The van der Waals surface area contributed by atoms with E-state index in [0.29, 0.717) is 0 Å². The summed E-state index contributed by atoms with van der Waals surface area (Å²) in [5, 5.41) is 20.4. The number of ether oxygens (including phenoxy) is 4. The molecule has 1 aromatic carbocycles. The molecule has 0 saturated carbocycles. The average Bonchev–Trinajstić information content (AvgIpc) is 2.57. The van der Waals surface area contributed by atoms with Crippen LogP contribution in [0.25, 0.3) is 0 Å². The van der Waals surface area contributed by atoms with Gasteiger partial charge in [-0.15, -0.1) is 6.58 Å². The van der Waals surface area contributed by atoms with Crippen LogP contribution in [-0.4, -0.2) is 54.1 Å². The van der Waals surface area contributed by atoms with Crippen molar-refractivity contribution >= 4 is 0 Å². The predicted molar refractivity (Wildman–Crippen MR) is 76.8 cm³/mol. The van der Waals surface area contributed by atoms with Crippen LogP contribution >= 0.6 is 0 Å². The third-order valence-corrected chi connectivity index (χ3v) is 3.78. The number of benzene rings is 1. The van der Waals surface area contributed by atoms with E-state index >= 15 is 0 Å². The molecule has 120 valence electrons. The van der Waals surface area contributed by atoms with Gasteiger partial charge in [0.25, 0.3) is 0 Å². The highest BCUT2D eigenvalue weighted by molar-refractivity contribution is 5.16. The van der Waals surface area contributed by atoms with Crippen LogP contribution in [0.2, 0.25) is 0 Å². The number of aliphatic hydroxyl groups excluding tert-OH is 2. The molecule has 2 saturated heterocycles. The zero-order chi connectivity index (χ0) is 15.5. The first-order chi connectivity index (χ1) is 10.7. The van der Waals surface area contributed by atoms with E-state index in [9.17, 15) is 10.2 Å². The predicted octanol–water partition coefficient (Wildman–Crippen LogP) is 0.750. The van der Waals surface area contributed by atoms with Gasteiger partial charge in [-0.3, -0.25) is 0 Å². The van der Waals surface area contributed by atoms with Gasteiger partial charge in [0.2, 0.25) is 0 Å². The van der Waals surface area contributed by atoms with Gasteiger partial charge in [0.15, 0.2) is 12.6 Å². The lowest BCUT2D eigenvalue weighted by atomic mass is 9.98. The van der Waals surface area contributed by atoms with Crippen molar-refractivity contribution in [3.63, 3.8) is 0 Å². The van der Waals surface area contributed by atoms with Crippen molar-refractivity contribution < 1.29 is 29.2 Å². The minimum atomic E-state index is -1.18. The molecule has 2 aliphatic rings. The van der Waals surface area contributed by atoms with Crippen molar-refractivity contribution in [2.45, 2.75) is 37.0 Å². The Kier molecular flexibility index (Phi) is 4.87. The number of fused-ring (bicyclic) bond motifs is 1. The average molecular weight is 308 g/mol. The normalized spacial score (nSPS) is 38.3. The van der Waals surface area contributed by atoms with E-state index in [1.807, 2.05) is 30.3 Å². The fraction of sp³-hybridized carbons (Fsp3) is 0.500. The van der Waals surface area contributed by atoms with E-state index in [-0.39, 0.29) is 13.2 Å². The molecule has 6 nitrogen and oxygen atoms in total. The van der Waals surface area contributed by atoms with Gasteiger partial charge in [-0.25, -0.2) is 0 Å². The molecule has 0 spiro atoms. The topological polar surface area (TPSA) is 77.4 Å². The van der Waals surface area contributed by atoms with E-state index in [1.54, 1.807) is 6.08 Å². The summed E-state index contributed by atoms with van der Waals surface area (Å²) >= 11 is 0. The van der Waals surface area contributed by atoms with Crippen molar-refractivity contribution in [2.24, 2.45) is 0 Å². The minimum Gasteiger partial charge on any atom is -0.387 e. The first-order valence-electron chi connectivity index (χ1n) is 7.27. The Hall–Kier alpha value is -1.28. The maximum Gasteiger partial charge on any atom is 0.187 e. The van der Waals surface area contributed by atoms with E-state index in [4.69, 9.17) is 18.9 Å². The van der Waals surface area contributed by atoms with Gasteiger partial charge >= 0.3 is 0 Å². The van der Waals surface area contributed by atoms with Crippen molar-refractivity contribution in [3.05, 3.63) is 48.6 Å². The Morgan fingerprint density at radius 1 is 1.18 bits per heavy atom. The molecule has 0 amide bonds. The maximum atomic E-state index is 10.3. The molecule has 2 N–H and O–H groups in total. The van der Waals surface area contributed by atoms with E-state index < -0.39 is 37.0 Å². The molecule has 0 aromatic heterocycles. The zero-order valence-electron chi connectivity index (χ0n) is 12.1. The highest BCUT2D eigenvalue weighted by Crippen LogP contribution is 2.34. The Morgan fingerprint density at radius 3 is 2.68 bits per heavy atom. The summed E-state index contributed by atoms with van der Waals surface area (Å²) in [7, 11) is 0. The molecule has 3 rings (SSSR count). The SMILES string of the molecule is C=CCOC1O[C@@H]2CO[C@@H](c3ccccc3)O[C@H]2[C@H](O)[C@H]1O. The maximum absolute atomic E-state index is 10.3. The van der Waals surface area contributed by atoms with Crippen LogP contribution in [0.1, 0.15) is 11.9 Å². The van der Waals surface area contributed by atoms with Crippen molar-refractivity contribution in [3.8, 4) is 0 Å². The number of hydrogen-bond acceptors (Lipinski definition) is 6. The highest BCUT2D eigenvalue weighted by atomic mass is 16.8. The first-order valence-corrected chi connectivity index (χ1v) is 7.27. The first kappa shape index (κ1) is 15.6. The second kappa shape index (κ2) is 6.87. The van der Waals surface area contributed by atoms with E-state index in [2.05, 4.69) is 6.58 Å². The smallest absolute Gasteiger partial charge is 0.187 e. The monoisotopic (exact) mass is 308 g/mol. The second-order valence-electron chi connectivity index (χ2n) is 5.32. The molecule has 1 aromatic rings. The summed E-state index contributed by atoms with van der Waals surface area (Å²) in [4.78, 5) is 0. The molecule has 0 bridgehead atoms. The quantitative estimate of drug-likeness (QED) is 0.799. The lowest BCUT2D eigenvalue weighted by molar-refractivity contribution is -0.360. The molecule has 6 heteroatoms. The summed E-state index contributed by atoms with van der Waals surface area (Å²) in [6.07, 6.45) is -3.41. The lowest BCUT2D eigenvalue weighted by Gasteiger charge is -2.46. The summed E-state index contributed by atoms with van der Waals surface area (Å²) in [5.41, 5.74) is 0.854. The molecule has 2 fully saturated rings. The van der Waals surface area contributed by atoms with Crippen LogP contribution in [0.15, 0.2) is 43.0 Å². The standard InChI is InChI=1S/C16H20O6/c1-2-8-19-16-13(18)12(17)14-11(21-16)9-20-15(22-14)10-6-4-3-5-7-10/h2-7,11-18H,1,8-9H2/t11-,12-,13-,14-,15-,16?/m1/s1. The van der Waals surface area contributed by atoms with Crippen LogP contribution in [0.3, 0.4) is 0 Å². The number of hydrogen-bond donors (Lipinski definition) is 2. The molecule has 2 aliphatic heterocycles. The highest BCUT2D eigenvalue weighted by Gasteiger charge is 2.49. The summed E-state index contributed by atoms with van der Waals surface area (Å²) in [5.74, 6) is 0. The van der Waals surface area contributed by atoms with E-state index in [1.165, 1.54) is 0 Å². The summed E-state index contributed by atoms with van der Waals surface area (Å²) in [6.45, 7) is 4.01. The molecular formula is C16H20O6. The van der Waals surface area contributed by atoms with Crippen LogP contribution in [0.4, 0.5) is 0 Å². The second-order valence-corrected chi connectivity index (χ2v) is 5.32. The van der Waals surface area contributed by atoms with Crippen molar-refractivity contribution in [1.82, 2.24) is 0 Å². The Labute approximate surface area is 128 Å². The van der Waals surface area contributed by atoms with Gasteiger partial charge in [-0.05, 0) is 0 Å². The van der Waals surface area contributed by atoms with Gasteiger partial charge < -0.3 is 29.2 Å². The van der Waals surface area contributed by atoms with Crippen LogP contribution in [-0.2, 0) is 18.9 Å². The Morgan fingerprint density at radius 2 is 1.95 bits per heavy atom. The fourth-order valence-electron chi connectivity index (χ4n) is 2.66. The minimum absolute atomic E-state index is 0.222. The number of rotatable bonds is 4. The molecule has 0 radical (unpaired) electrons.